The maximum Gasteiger partial charge on any atom is 0.303 e. The van der Waals surface area contributed by atoms with Crippen molar-refractivity contribution in [2.24, 2.45) is 34.8 Å². The van der Waals surface area contributed by atoms with Crippen LogP contribution >= 0.6 is 12.6 Å². The first-order chi connectivity index (χ1) is 38.6. The summed E-state index contributed by atoms with van der Waals surface area (Å²) in [6.45, 7) is 6.97. The highest BCUT2D eigenvalue weighted by Crippen LogP contribution is 2.20. The number of aromatic amines is 1. The summed E-state index contributed by atoms with van der Waals surface area (Å²) in [6.07, 6.45) is -0.955. The zero-order chi connectivity index (χ0) is 61.8. The van der Waals surface area contributed by atoms with Crippen LogP contribution in [0.5, 0.6) is 0 Å². The Hall–Kier alpha value is -8.26. The number of aliphatic carboxylic acids is 1. The van der Waals surface area contributed by atoms with Crippen molar-refractivity contribution in [2.75, 3.05) is 31.9 Å². The minimum Gasteiger partial charge on any atom is -0.481 e. The number of amides is 10. The monoisotopic (exact) mass is 1170 g/mol. The second-order valence-electron chi connectivity index (χ2n) is 20.0. The number of carbonyl (C=O) groups excluding carboxylic acids is 10. The van der Waals surface area contributed by atoms with Gasteiger partial charge < -0.3 is 96.6 Å². The zero-order valence-electron chi connectivity index (χ0n) is 46.6. The number of hydrogen-bond donors (Lipinski definition) is 21. The Morgan fingerprint density at radius 1 is 0.598 bits per heavy atom. The summed E-state index contributed by atoms with van der Waals surface area (Å²) in [5.41, 5.74) is 22.9. The number of nitrogens with two attached hydrogens (primary N) is 4. The van der Waals surface area contributed by atoms with Crippen molar-refractivity contribution < 1.29 is 63.0 Å². The number of fused-ring (bicyclic) bond motifs is 1. The highest BCUT2D eigenvalue weighted by molar-refractivity contribution is 7.80. The lowest BCUT2D eigenvalue weighted by Crippen LogP contribution is -2.60. The molecule has 0 saturated carbocycles. The summed E-state index contributed by atoms with van der Waals surface area (Å²) in [5.74, 6) is -12.1. The molecule has 0 aliphatic rings. The molecule has 82 heavy (non-hydrogen) atoms. The van der Waals surface area contributed by atoms with Gasteiger partial charge in [-0.1, -0.05) is 45.9 Å². The van der Waals surface area contributed by atoms with E-state index in [9.17, 15) is 63.0 Å². The van der Waals surface area contributed by atoms with E-state index in [0.717, 1.165) is 0 Å². The third kappa shape index (κ3) is 25.0. The number of benzene rings is 1. The standard InChI is InChI=1S/C50H82N18O13S/c1-24(2)18-33(44(77)66-35(23-82)46(79)64-32(14-15-38(72)73)43(76)62-30(41(52)74)12-8-16-57-49(53)54)65-42(75)31(13-9-17-58-50(55)56)63-45(78)34(19-27-21-59-29-11-7-6-10-28(27)29)61-37(71)22-60-47(80)40(26(5)69)68-48(81)39(25(3)4)67-36(70)20-51/h6-7,10-11,21,24-26,30-35,39-40,59,69,82H,8-9,12-20,22-23,51H2,1-5H3,(H2,52,74)(H,60,80)(H,61,71)(H,62,76)(H,63,78)(H,64,79)(H,65,75)(H,66,77)(H,67,70)(H,68,81)(H,72,73)(H4,53,54,57)(H4,55,56,58)/t26-,30+,31-,32+,33+,34+,35+,39+,40+/m1/s1. The first-order valence-electron chi connectivity index (χ1n) is 26.5. The Labute approximate surface area is 479 Å². The van der Waals surface area contributed by atoms with E-state index in [-0.39, 0.29) is 75.2 Å². The average Bonchev–Trinajstić information content (AvgIpc) is 3.87. The first-order valence-corrected chi connectivity index (χ1v) is 27.1. The van der Waals surface area contributed by atoms with Gasteiger partial charge in [0.2, 0.25) is 59.1 Å². The third-order valence-electron chi connectivity index (χ3n) is 12.4. The number of carboxylic acid groups (broad SMARTS) is 1. The molecule has 2 aromatic rings. The van der Waals surface area contributed by atoms with Crippen LogP contribution in [0.3, 0.4) is 0 Å². The highest BCUT2D eigenvalue weighted by atomic mass is 32.1. The molecule has 0 bridgehead atoms. The molecule has 2 rings (SSSR count). The number of primary amides is 1. The number of para-hydroxylation sites is 1. The Morgan fingerprint density at radius 3 is 1.63 bits per heavy atom. The molecule has 0 saturated heterocycles. The largest absolute Gasteiger partial charge is 0.481 e. The van der Waals surface area contributed by atoms with Crippen molar-refractivity contribution in [1.29, 1.82) is 10.8 Å². The van der Waals surface area contributed by atoms with Gasteiger partial charge in [-0.25, -0.2) is 0 Å². The van der Waals surface area contributed by atoms with Crippen molar-refractivity contribution in [3.05, 3.63) is 36.0 Å². The summed E-state index contributed by atoms with van der Waals surface area (Å²) < 4.78 is 0. The lowest BCUT2D eigenvalue weighted by molar-refractivity contribution is -0.138. The van der Waals surface area contributed by atoms with E-state index in [1.165, 1.54) is 6.92 Å². The van der Waals surface area contributed by atoms with Crippen LogP contribution in [0, 0.1) is 22.7 Å². The van der Waals surface area contributed by atoms with Crippen molar-refractivity contribution in [2.45, 2.75) is 140 Å². The molecule has 0 aliphatic carbocycles. The number of hydrogen-bond acceptors (Lipinski definition) is 16. The van der Waals surface area contributed by atoms with E-state index in [1.807, 2.05) is 0 Å². The lowest BCUT2D eigenvalue weighted by atomic mass is 10.0. The second-order valence-corrected chi connectivity index (χ2v) is 20.4. The van der Waals surface area contributed by atoms with Gasteiger partial charge in [0.05, 0.1) is 19.2 Å². The van der Waals surface area contributed by atoms with Gasteiger partial charge >= 0.3 is 5.97 Å². The molecule has 0 fully saturated rings. The van der Waals surface area contributed by atoms with Gasteiger partial charge in [-0.2, -0.15) is 12.6 Å². The predicted molar refractivity (Wildman–Crippen MR) is 304 cm³/mol. The maximum absolute atomic E-state index is 14.5. The number of nitrogens with one attached hydrogen (secondary N) is 14. The van der Waals surface area contributed by atoms with Gasteiger partial charge in [-0.05, 0) is 68.9 Å². The average molecular weight is 1180 g/mol. The Bertz CT molecular complexity index is 2560. The number of rotatable bonds is 37. The predicted octanol–water partition coefficient (Wildman–Crippen LogP) is -5.45. The van der Waals surface area contributed by atoms with Crippen LogP contribution < -0.4 is 81.4 Å². The molecule has 0 radical (unpaired) electrons. The summed E-state index contributed by atoms with van der Waals surface area (Å²) in [6, 6.07) is -4.28. The van der Waals surface area contributed by atoms with E-state index < -0.39 is 151 Å². The molecular weight excluding hydrogens is 1090 g/mol. The SMILES string of the molecule is CC(C)C[C@H](NC(=O)[C@@H](CCCNC(=N)N)NC(=O)[C@H](Cc1c[nH]c2ccccc12)NC(=O)CNC(=O)[C@@H](NC(=O)[C@@H](NC(=O)CN)C(C)C)[C@@H](C)O)C(=O)N[C@@H](CS)C(=O)N[C@@H](CCC(=O)O)C(=O)N[C@@H](CCCNC(=N)N)C(N)=O. The number of aliphatic hydroxyl groups is 1. The van der Waals surface area contributed by atoms with Gasteiger partial charge in [0.1, 0.15) is 48.3 Å². The topological polar surface area (TPSA) is 528 Å². The van der Waals surface area contributed by atoms with Crippen LogP contribution in [-0.4, -0.2) is 179 Å². The van der Waals surface area contributed by atoms with Crippen molar-refractivity contribution in [3.63, 3.8) is 0 Å². The molecule has 24 N–H and O–H groups in total. The van der Waals surface area contributed by atoms with E-state index in [0.29, 0.717) is 16.5 Å². The lowest BCUT2D eigenvalue weighted by Gasteiger charge is -2.28. The maximum atomic E-state index is 14.5. The van der Waals surface area contributed by atoms with Gasteiger partial charge in [0.15, 0.2) is 11.9 Å². The molecule has 1 aromatic heterocycles. The van der Waals surface area contributed by atoms with Gasteiger partial charge in [0.25, 0.3) is 0 Å². The molecule has 32 heteroatoms. The van der Waals surface area contributed by atoms with E-state index in [2.05, 4.69) is 76.1 Å². The number of aliphatic hydroxyl groups excluding tert-OH is 1. The third-order valence-corrected chi connectivity index (χ3v) is 12.8. The fourth-order valence-electron chi connectivity index (χ4n) is 8.08. The van der Waals surface area contributed by atoms with Crippen molar-refractivity contribution >= 4 is 100 Å². The smallest absolute Gasteiger partial charge is 0.303 e. The molecule has 1 heterocycles. The summed E-state index contributed by atoms with van der Waals surface area (Å²) >= 11 is 4.22. The van der Waals surface area contributed by atoms with Gasteiger partial charge in [-0.15, -0.1) is 0 Å². The molecule has 0 spiro atoms. The number of aromatic nitrogens is 1. The summed E-state index contributed by atoms with van der Waals surface area (Å²) in [7, 11) is 0. The molecular formula is C50H82N18O13S. The number of carbonyl (C=O) groups is 11. The van der Waals surface area contributed by atoms with Crippen LogP contribution in [0.25, 0.3) is 10.9 Å². The van der Waals surface area contributed by atoms with Crippen LogP contribution in [0.4, 0.5) is 0 Å². The molecule has 1 aromatic carbocycles. The molecule has 0 unspecified atom stereocenters. The summed E-state index contributed by atoms with van der Waals surface area (Å²) in [4.78, 5) is 149. The first kappa shape index (κ1) is 69.8. The van der Waals surface area contributed by atoms with E-state index in [1.54, 1.807) is 58.2 Å². The minimum atomic E-state index is -1.61. The quantitative estimate of drug-likeness (QED) is 0.0130. The van der Waals surface area contributed by atoms with E-state index in [4.69, 9.17) is 33.8 Å². The summed E-state index contributed by atoms with van der Waals surface area (Å²) in [5, 5.41) is 63.0. The van der Waals surface area contributed by atoms with Crippen LogP contribution in [-0.2, 0) is 59.2 Å². The van der Waals surface area contributed by atoms with Gasteiger partial charge in [-0.3, -0.25) is 63.6 Å². The fraction of sp³-hybridized carbons (Fsp3) is 0.580. The van der Waals surface area contributed by atoms with Gasteiger partial charge in [0, 0.05) is 48.8 Å². The fourth-order valence-corrected chi connectivity index (χ4v) is 8.33. The number of thiol groups is 1. The number of guanidine groups is 2. The minimum absolute atomic E-state index is 0.0132. The molecule has 10 amide bonds. The van der Waals surface area contributed by atoms with Crippen molar-refractivity contribution in [3.8, 4) is 0 Å². The Kier molecular flexibility index (Phi) is 30.2. The zero-order valence-corrected chi connectivity index (χ0v) is 47.5. The molecule has 0 aliphatic heterocycles. The van der Waals surface area contributed by atoms with E-state index >= 15 is 0 Å². The Morgan fingerprint density at radius 2 is 1.11 bits per heavy atom. The number of carboxylic acids is 1. The van der Waals surface area contributed by atoms with Crippen LogP contribution in [0.15, 0.2) is 30.5 Å². The second kappa shape index (κ2) is 35.5. The molecule has 9 atom stereocenters. The molecule has 31 nitrogen and oxygen atoms in total. The number of H-pyrrole nitrogens is 1. The molecule has 456 valence electrons. The highest BCUT2D eigenvalue weighted by Gasteiger charge is 2.35. The Balaban J connectivity index is 2.44. The van der Waals surface area contributed by atoms with Crippen molar-refractivity contribution in [1.82, 2.24) is 63.5 Å². The van der Waals surface area contributed by atoms with Crippen LogP contribution in [0.2, 0.25) is 0 Å². The van der Waals surface area contributed by atoms with Crippen LogP contribution in [0.1, 0.15) is 85.1 Å². The normalized spacial score (nSPS) is 14.4.